The average Bonchev–Trinajstić information content (AvgIpc) is 3.22. The Morgan fingerprint density at radius 3 is 2.43 bits per heavy atom. The minimum Gasteiger partial charge on any atom is -0.465 e. The lowest BCUT2D eigenvalue weighted by molar-refractivity contribution is -0.137. The zero-order valence-corrected chi connectivity index (χ0v) is 19.3. The number of anilines is 1. The molecule has 1 saturated heterocycles. The van der Waals surface area contributed by atoms with Crippen LogP contribution in [-0.2, 0) is 19.3 Å². The molecule has 9 heteroatoms. The first-order chi connectivity index (χ1) is 16.7. The van der Waals surface area contributed by atoms with Gasteiger partial charge in [0.1, 0.15) is 17.3 Å². The Morgan fingerprint density at radius 2 is 1.80 bits per heavy atom. The number of likely N-dealkylation sites (tertiary alicyclic amines) is 1. The van der Waals surface area contributed by atoms with E-state index in [2.05, 4.69) is 10.2 Å². The van der Waals surface area contributed by atoms with Gasteiger partial charge >= 0.3 is 12.2 Å². The van der Waals surface area contributed by atoms with E-state index >= 15 is 0 Å². The molecule has 0 aliphatic carbocycles. The number of nitrogens with one attached hydrogen (secondary N) is 1. The highest BCUT2D eigenvalue weighted by Gasteiger charge is 2.32. The van der Waals surface area contributed by atoms with E-state index in [1.807, 2.05) is 49.4 Å². The second-order valence-corrected chi connectivity index (χ2v) is 8.79. The number of piperidine rings is 1. The van der Waals surface area contributed by atoms with Crippen LogP contribution < -0.4 is 5.32 Å². The standard InChI is InChI=1S/C26H27F4N3O2/c1-18-7-8-24(35-18)17-32-11-9-23(10-12-32)33(16-19-5-3-2-4-6-19)25(34)31-22-14-20(26(28,29)30)13-21(27)15-22/h2-8,13-15,23H,9-12,16-17H2,1H3,(H,31,34). The number of hydrogen-bond donors (Lipinski definition) is 1. The van der Waals surface area contributed by atoms with Gasteiger partial charge in [0.2, 0.25) is 0 Å². The third kappa shape index (κ3) is 6.63. The predicted molar refractivity (Wildman–Crippen MR) is 124 cm³/mol. The maximum atomic E-state index is 13.9. The second-order valence-electron chi connectivity index (χ2n) is 8.79. The predicted octanol–water partition coefficient (Wildman–Crippen LogP) is 6.44. The molecule has 5 nitrogen and oxygen atoms in total. The van der Waals surface area contributed by atoms with Gasteiger partial charge in [-0.3, -0.25) is 4.90 Å². The minimum absolute atomic E-state index is 0.125. The maximum Gasteiger partial charge on any atom is 0.416 e. The highest BCUT2D eigenvalue weighted by atomic mass is 19.4. The van der Waals surface area contributed by atoms with Gasteiger partial charge in [-0.1, -0.05) is 30.3 Å². The molecule has 2 amide bonds. The van der Waals surface area contributed by atoms with Crippen molar-refractivity contribution in [1.82, 2.24) is 9.80 Å². The van der Waals surface area contributed by atoms with Crippen LogP contribution in [0.1, 0.15) is 35.5 Å². The Balaban J connectivity index is 1.48. The summed E-state index contributed by atoms with van der Waals surface area (Å²) in [6, 6.07) is 14.6. The van der Waals surface area contributed by atoms with Crippen LogP contribution in [0.25, 0.3) is 0 Å². The molecule has 1 fully saturated rings. The topological polar surface area (TPSA) is 48.7 Å². The average molecular weight is 490 g/mol. The first-order valence-corrected chi connectivity index (χ1v) is 11.4. The van der Waals surface area contributed by atoms with Crippen LogP contribution in [0.3, 0.4) is 0 Å². The van der Waals surface area contributed by atoms with E-state index in [-0.39, 0.29) is 18.3 Å². The number of benzene rings is 2. The molecule has 4 rings (SSSR count). The molecule has 0 bridgehead atoms. The number of hydrogen-bond acceptors (Lipinski definition) is 3. The Hall–Kier alpha value is -3.33. The number of carbonyl (C=O) groups is 1. The monoisotopic (exact) mass is 489 g/mol. The molecule has 0 radical (unpaired) electrons. The van der Waals surface area contributed by atoms with Crippen molar-refractivity contribution in [2.45, 2.75) is 45.1 Å². The fourth-order valence-electron chi connectivity index (χ4n) is 4.35. The van der Waals surface area contributed by atoms with E-state index in [4.69, 9.17) is 4.42 Å². The van der Waals surface area contributed by atoms with E-state index in [0.29, 0.717) is 25.5 Å². The Kier molecular flexibility index (Phi) is 7.45. The quantitative estimate of drug-likeness (QED) is 0.405. The normalized spacial score (nSPS) is 15.2. The van der Waals surface area contributed by atoms with Crippen molar-refractivity contribution in [3.63, 3.8) is 0 Å². The molecular weight excluding hydrogens is 462 g/mol. The molecule has 0 unspecified atom stereocenters. The van der Waals surface area contributed by atoms with Gasteiger partial charge in [0.15, 0.2) is 0 Å². The third-order valence-electron chi connectivity index (χ3n) is 6.11. The van der Waals surface area contributed by atoms with Crippen LogP contribution in [0.4, 0.5) is 28.0 Å². The first-order valence-electron chi connectivity index (χ1n) is 11.4. The van der Waals surface area contributed by atoms with Crippen LogP contribution in [0, 0.1) is 12.7 Å². The number of furan rings is 1. The summed E-state index contributed by atoms with van der Waals surface area (Å²) in [5.74, 6) is 0.671. The molecule has 1 N–H and O–H groups in total. The van der Waals surface area contributed by atoms with E-state index in [0.717, 1.165) is 42.3 Å². The Bertz CT molecular complexity index is 1140. The van der Waals surface area contributed by atoms with Crippen molar-refractivity contribution < 1.29 is 26.8 Å². The van der Waals surface area contributed by atoms with Gasteiger partial charge in [0.25, 0.3) is 0 Å². The molecule has 2 heterocycles. The molecule has 3 aromatic rings. The third-order valence-corrected chi connectivity index (χ3v) is 6.11. The summed E-state index contributed by atoms with van der Waals surface area (Å²) >= 11 is 0. The molecule has 1 aromatic heterocycles. The summed E-state index contributed by atoms with van der Waals surface area (Å²) in [7, 11) is 0. The lowest BCUT2D eigenvalue weighted by Gasteiger charge is -2.38. The molecule has 0 atom stereocenters. The summed E-state index contributed by atoms with van der Waals surface area (Å²) in [5, 5.41) is 2.49. The largest absolute Gasteiger partial charge is 0.465 e. The Morgan fingerprint density at radius 1 is 1.09 bits per heavy atom. The summed E-state index contributed by atoms with van der Waals surface area (Å²) in [4.78, 5) is 17.1. The number of carbonyl (C=O) groups excluding carboxylic acids is 1. The van der Waals surface area contributed by atoms with Crippen LogP contribution in [0.5, 0.6) is 0 Å². The van der Waals surface area contributed by atoms with E-state index in [9.17, 15) is 22.4 Å². The maximum absolute atomic E-state index is 13.9. The second kappa shape index (κ2) is 10.5. The van der Waals surface area contributed by atoms with Gasteiger partial charge in [-0.25, -0.2) is 9.18 Å². The molecule has 0 saturated carbocycles. The summed E-state index contributed by atoms with van der Waals surface area (Å²) in [6.45, 7) is 4.33. The van der Waals surface area contributed by atoms with E-state index < -0.39 is 23.6 Å². The number of urea groups is 1. The molecular formula is C26H27F4N3O2. The van der Waals surface area contributed by atoms with Crippen molar-refractivity contribution in [2.24, 2.45) is 0 Å². The SMILES string of the molecule is Cc1ccc(CN2CCC(N(Cc3ccccc3)C(=O)Nc3cc(F)cc(C(F)(F)F)c3)CC2)o1. The van der Waals surface area contributed by atoms with Crippen molar-refractivity contribution in [1.29, 1.82) is 0 Å². The summed E-state index contributed by atoms with van der Waals surface area (Å²) in [5.41, 5.74) is -0.485. The van der Waals surface area contributed by atoms with Crippen LogP contribution in [-0.4, -0.2) is 35.0 Å². The number of alkyl halides is 3. The Labute approximate surface area is 201 Å². The molecule has 0 spiro atoms. The molecule has 1 aliphatic rings. The van der Waals surface area contributed by atoms with Crippen molar-refractivity contribution in [3.05, 3.63) is 89.1 Å². The van der Waals surface area contributed by atoms with Gasteiger partial charge in [-0.15, -0.1) is 0 Å². The van der Waals surface area contributed by atoms with Crippen molar-refractivity contribution in [2.75, 3.05) is 18.4 Å². The van der Waals surface area contributed by atoms with Crippen LogP contribution >= 0.6 is 0 Å². The van der Waals surface area contributed by atoms with Gasteiger partial charge in [-0.2, -0.15) is 13.2 Å². The highest BCUT2D eigenvalue weighted by molar-refractivity contribution is 5.89. The summed E-state index contributed by atoms with van der Waals surface area (Å²) in [6.07, 6.45) is -3.33. The van der Waals surface area contributed by atoms with Crippen molar-refractivity contribution >= 4 is 11.7 Å². The first kappa shape index (κ1) is 24.8. The zero-order valence-electron chi connectivity index (χ0n) is 19.3. The number of amides is 2. The van der Waals surface area contributed by atoms with E-state index in [1.54, 1.807) is 4.90 Å². The summed E-state index contributed by atoms with van der Waals surface area (Å²) < 4.78 is 58.9. The van der Waals surface area contributed by atoms with Gasteiger partial charge in [0.05, 0.1) is 12.1 Å². The van der Waals surface area contributed by atoms with Crippen molar-refractivity contribution in [3.8, 4) is 0 Å². The number of rotatable bonds is 6. The molecule has 186 valence electrons. The van der Waals surface area contributed by atoms with Gasteiger partial charge in [0, 0.05) is 31.4 Å². The smallest absolute Gasteiger partial charge is 0.416 e. The highest BCUT2D eigenvalue weighted by Crippen LogP contribution is 2.32. The van der Waals surface area contributed by atoms with Gasteiger partial charge in [-0.05, 0) is 55.7 Å². The molecule has 1 aliphatic heterocycles. The number of aryl methyl sites for hydroxylation is 1. The molecule has 35 heavy (non-hydrogen) atoms. The lowest BCUT2D eigenvalue weighted by Crippen LogP contribution is -2.48. The fraction of sp³-hybridized carbons (Fsp3) is 0.346. The minimum atomic E-state index is -4.72. The van der Waals surface area contributed by atoms with Gasteiger partial charge < -0.3 is 14.6 Å². The number of nitrogens with zero attached hydrogens (tertiary/aromatic N) is 2. The number of halogens is 4. The molecule has 2 aromatic carbocycles. The zero-order chi connectivity index (χ0) is 25.0. The van der Waals surface area contributed by atoms with Crippen LogP contribution in [0.15, 0.2) is 65.1 Å². The fourth-order valence-corrected chi connectivity index (χ4v) is 4.35. The van der Waals surface area contributed by atoms with Crippen LogP contribution in [0.2, 0.25) is 0 Å². The van der Waals surface area contributed by atoms with E-state index in [1.165, 1.54) is 0 Å². The lowest BCUT2D eigenvalue weighted by atomic mass is 10.0.